The second-order valence-corrected chi connectivity index (χ2v) is 8.36. The van der Waals surface area contributed by atoms with Gasteiger partial charge in [-0.25, -0.2) is 10.1 Å². The van der Waals surface area contributed by atoms with Crippen molar-refractivity contribution in [2.24, 2.45) is 0 Å². The van der Waals surface area contributed by atoms with Gasteiger partial charge in [-0.15, -0.1) is 0 Å². The number of nitrogens with one attached hydrogen (secondary N) is 4. The predicted molar refractivity (Wildman–Crippen MR) is 129 cm³/mol. The van der Waals surface area contributed by atoms with Crippen LogP contribution in [0.3, 0.4) is 0 Å². The molecule has 0 unspecified atom stereocenters. The van der Waals surface area contributed by atoms with Gasteiger partial charge in [-0.3, -0.25) is 25.2 Å². The number of nitrogens with zero attached hydrogens (tertiary/aromatic N) is 2. The minimum Gasteiger partial charge on any atom is -0.333 e. The van der Waals surface area contributed by atoms with Gasteiger partial charge in [0.15, 0.2) is 10.9 Å². The van der Waals surface area contributed by atoms with Crippen molar-refractivity contribution < 1.29 is 9.59 Å². The number of imidazole rings is 1. The van der Waals surface area contributed by atoms with Gasteiger partial charge in [0.1, 0.15) is 0 Å². The number of aromatic amines is 2. The zero-order valence-electron chi connectivity index (χ0n) is 17.7. The van der Waals surface area contributed by atoms with E-state index in [1.165, 1.54) is 0 Å². The number of fused-ring (bicyclic) bond motifs is 2. The Labute approximate surface area is 197 Å². The van der Waals surface area contributed by atoms with Crippen molar-refractivity contribution in [3.63, 3.8) is 0 Å². The van der Waals surface area contributed by atoms with Gasteiger partial charge in [0.25, 0.3) is 17.4 Å². The molecule has 9 nitrogen and oxygen atoms in total. The normalized spacial score (nSPS) is 10.9. The smallest absolute Gasteiger partial charge is 0.290 e. The maximum atomic E-state index is 12.5. The summed E-state index contributed by atoms with van der Waals surface area (Å²) in [6, 6.07) is 21.5. The van der Waals surface area contributed by atoms with Gasteiger partial charge in [0.2, 0.25) is 0 Å². The van der Waals surface area contributed by atoms with Crippen molar-refractivity contribution >= 4 is 45.4 Å². The number of amides is 2. The number of thioether (sulfide) groups is 1. The van der Waals surface area contributed by atoms with Crippen LogP contribution >= 0.6 is 11.8 Å². The van der Waals surface area contributed by atoms with E-state index >= 15 is 0 Å². The van der Waals surface area contributed by atoms with Crippen LogP contribution in [-0.2, 0) is 5.75 Å². The number of carbonyl (C=O) groups is 2. The van der Waals surface area contributed by atoms with E-state index in [0.717, 1.165) is 21.8 Å². The van der Waals surface area contributed by atoms with E-state index in [1.807, 2.05) is 36.4 Å². The molecule has 168 valence electrons. The molecule has 0 radical (unpaired) electrons. The standard InChI is InChI=1S/C24H18N6O3S/c31-21(28-30-23(33)20-16-5-1-2-6-17(16)22(32)29-27-20)15-11-9-14(10-12-15)13-34-24-25-18-7-3-4-8-19(18)26-24/h1-12H,13H2,(H,25,26)(H,28,31)(H,29,32)(H,30,33). The first-order valence-electron chi connectivity index (χ1n) is 10.3. The van der Waals surface area contributed by atoms with Crippen LogP contribution in [0.25, 0.3) is 21.8 Å². The van der Waals surface area contributed by atoms with Crippen molar-refractivity contribution in [1.29, 1.82) is 0 Å². The number of hydrogen-bond donors (Lipinski definition) is 4. The summed E-state index contributed by atoms with van der Waals surface area (Å²) < 4.78 is 0. The first-order valence-corrected chi connectivity index (χ1v) is 11.3. The monoisotopic (exact) mass is 470 g/mol. The minimum absolute atomic E-state index is 0.00783. The molecule has 5 rings (SSSR count). The molecule has 0 saturated carbocycles. The second kappa shape index (κ2) is 9.20. The molecular weight excluding hydrogens is 452 g/mol. The Morgan fingerprint density at radius 3 is 2.35 bits per heavy atom. The SMILES string of the molecule is O=C(NNC(=O)c1n[nH]c(=O)c2ccccc12)c1ccc(CSc2nc3ccccc3[nH]2)cc1. The Balaban J connectivity index is 1.19. The first kappa shape index (κ1) is 21.4. The van der Waals surface area contributed by atoms with Crippen LogP contribution in [0.15, 0.2) is 82.7 Å². The van der Waals surface area contributed by atoms with Crippen LogP contribution in [0.2, 0.25) is 0 Å². The quantitative estimate of drug-likeness (QED) is 0.230. The number of benzene rings is 3. The number of H-pyrrole nitrogens is 2. The molecule has 2 amide bonds. The van der Waals surface area contributed by atoms with Crippen LogP contribution in [0.4, 0.5) is 0 Å². The van der Waals surface area contributed by atoms with Gasteiger partial charge in [-0.05, 0) is 35.9 Å². The number of para-hydroxylation sites is 2. The molecule has 10 heteroatoms. The molecular formula is C24H18N6O3S. The maximum Gasteiger partial charge on any atom is 0.290 e. The molecule has 0 spiro atoms. The van der Waals surface area contributed by atoms with E-state index in [1.54, 1.807) is 48.2 Å². The molecule has 3 aromatic carbocycles. The Morgan fingerprint density at radius 2 is 1.56 bits per heavy atom. The number of hydrogen-bond acceptors (Lipinski definition) is 6. The van der Waals surface area contributed by atoms with Gasteiger partial charge < -0.3 is 4.98 Å². The minimum atomic E-state index is -0.639. The third kappa shape index (κ3) is 4.39. The van der Waals surface area contributed by atoms with E-state index < -0.39 is 17.4 Å². The summed E-state index contributed by atoms with van der Waals surface area (Å²) in [7, 11) is 0. The molecule has 0 atom stereocenters. The maximum absolute atomic E-state index is 12.5. The lowest BCUT2D eigenvalue weighted by Crippen LogP contribution is -2.42. The van der Waals surface area contributed by atoms with E-state index in [2.05, 4.69) is 31.0 Å². The summed E-state index contributed by atoms with van der Waals surface area (Å²) in [6.07, 6.45) is 0. The van der Waals surface area contributed by atoms with Crippen LogP contribution < -0.4 is 16.4 Å². The Hall–Kier alpha value is -4.44. The van der Waals surface area contributed by atoms with Gasteiger partial charge in [0, 0.05) is 16.7 Å². The summed E-state index contributed by atoms with van der Waals surface area (Å²) in [6.45, 7) is 0. The van der Waals surface area contributed by atoms with Crippen molar-refractivity contribution in [3.05, 3.63) is 100.0 Å². The van der Waals surface area contributed by atoms with E-state index in [0.29, 0.717) is 22.1 Å². The highest BCUT2D eigenvalue weighted by Gasteiger charge is 2.15. The number of hydrazine groups is 1. The fourth-order valence-corrected chi connectivity index (χ4v) is 4.28. The average Bonchev–Trinajstić information content (AvgIpc) is 3.30. The zero-order valence-corrected chi connectivity index (χ0v) is 18.5. The summed E-state index contributed by atoms with van der Waals surface area (Å²) in [5, 5.41) is 7.67. The molecule has 4 N–H and O–H groups in total. The van der Waals surface area contributed by atoms with Gasteiger partial charge in [-0.1, -0.05) is 54.2 Å². The van der Waals surface area contributed by atoms with Gasteiger partial charge >= 0.3 is 0 Å². The Morgan fingerprint density at radius 1 is 0.853 bits per heavy atom. The van der Waals surface area contributed by atoms with Gasteiger partial charge in [-0.2, -0.15) is 5.10 Å². The molecule has 0 aliphatic rings. The highest BCUT2D eigenvalue weighted by atomic mass is 32.2. The Bertz CT molecular complexity index is 1540. The third-order valence-corrected chi connectivity index (χ3v) is 6.10. The van der Waals surface area contributed by atoms with Crippen LogP contribution in [-0.4, -0.2) is 32.0 Å². The largest absolute Gasteiger partial charge is 0.333 e. The number of carbonyl (C=O) groups excluding carboxylic acids is 2. The summed E-state index contributed by atoms with van der Waals surface area (Å²) in [5.41, 5.74) is 7.66. The molecule has 5 aromatic rings. The van der Waals surface area contributed by atoms with E-state index in [-0.39, 0.29) is 5.69 Å². The fraction of sp³-hybridized carbons (Fsp3) is 0.0417. The molecule has 0 saturated heterocycles. The highest BCUT2D eigenvalue weighted by molar-refractivity contribution is 7.98. The summed E-state index contributed by atoms with van der Waals surface area (Å²) >= 11 is 1.57. The summed E-state index contributed by atoms with van der Waals surface area (Å²) in [5.74, 6) is -0.429. The number of aromatic nitrogens is 4. The lowest BCUT2D eigenvalue weighted by Gasteiger charge is -2.09. The molecule has 0 aliphatic heterocycles. The molecule has 2 aromatic heterocycles. The van der Waals surface area contributed by atoms with Gasteiger partial charge in [0.05, 0.1) is 16.4 Å². The lowest BCUT2D eigenvalue weighted by atomic mass is 10.1. The predicted octanol–water partition coefficient (Wildman–Crippen LogP) is 3.17. The van der Waals surface area contributed by atoms with Crippen LogP contribution in [0, 0.1) is 0 Å². The third-order valence-electron chi connectivity index (χ3n) is 5.16. The van der Waals surface area contributed by atoms with Crippen molar-refractivity contribution in [2.75, 3.05) is 0 Å². The first-order chi connectivity index (χ1) is 16.6. The van der Waals surface area contributed by atoms with Crippen molar-refractivity contribution in [3.8, 4) is 0 Å². The summed E-state index contributed by atoms with van der Waals surface area (Å²) in [4.78, 5) is 44.7. The molecule has 0 bridgehead atoms. The molecule has 34 heavy (non-hydrogen) atoms. The number of rotatable bonds is 5. The Kier molecular flexibility index (Phi) is 5.79. The highest BCUT2D eigenvalue weighted by Crippen LogP contribution is 2.23. The average molecular weight is 471 g/mol. The molecule has 2 heterocycles. The zero-order chi connectivity index (χ0) is 23.5. The topological polar surface area (TPSA) is 133 Å². The van der Waals surface area contributed by atoms with E-state index in [4.69, 9.17) is 0 Å². The van der Waals surface area contributed by atoms with Crippen molar-refractivity contribution in [1.82, 2.24) is 31.0 Å². The van der Waals surface area contributed by atoms with Crippen molar-refractivity contribution in [2.45, 2.75) is 10.9 Å². The van der Waals surface area contributed by atoms with E-state index in [9.17, 15) is 14.4 Å². The second-order valence-electron chi connectivity index (χ2n) is 7.40. The molecule has 0 aliphatic carbocycles. The lowest BCUT2D eigenvalue weighted by molar-refractivity contribution is 0.0844. The molecule has 0 fully saturated rings. The fourth-order valence-electron chi connectivity index (χ4n) is 3.43. The van der Waals surface area contributed by atoms with Crippen LogP contribution in [0.1, 0.15) is 26.4 Å². The van der Waals surface area contributed by atoms with Crippen LogP contribution in [0.5, 0.6) is 0 Å².